The third kappa shape index (κ3) is 4.19. The van der Waals surface area contributed by atoms with E-state index in [1.54, 1.807) is 0 Å². The molecule has 1 atom stereocenters. The molecule has 0 fully saturated rings. The molecule has 0 aromatic carbocycles. The van der Waals surface area contributed by atoms with E-state index in [2.05, 4.69) is 14.2 Å². The molecule has 0 aliphatic carbocycles. The fourth-order valence-electron chi connectivity index (χ4n) is 2.03. The van der Waals surface area contributed by atoms with Gasteiger partial charge in [0.05, 0.1) is 0 Å². The van der Waals surface area contributed by atoms with Crippen molar-refractivity contribution in [2.24, 2.45) is 0 Å². The summed E-state index contributed by atoms with van der Waals surface area (Å²) in [7, 11) is 0.676. The van der Waals surface area contributed by atoms with Gasteiger partial charge in [0.1, 0.15) is 0 Å². The predicted molar refractivity (Wildman–Crippen MR) is 68.7 cm³/mol. The van der Waals surface area contributed by atoms with Crippen molar-refractivity contribution in [1.29, 1.82) is 0 Å². The van der Waals surface area contributed by atoms with Gasteiger partial charge in [0.25, 0.3) is 6.29 Å². The number of halogens is 17. The Bertz CT molecular complexity index is 668. The zero-order valence-corrected chi connectivity index (χ0v) is 15.7. The van der Waals surface area contributed by atoms with E-state index in [1.165, 1.54) is 0 Å². The quantitative estimate of drug-likeness (QED) is 0.313. The second-order valence-corrected chi connectivity index (χ2v) is 5.91. The molecule has 0 saturated heterocycles. The van der Waals surface area contributed by atoms with E-state index in [4.69, 9.17) is 0 Å². The highest BCUT2D eigenvalue weighted by Crippen LogP contribution is 2.64. The van der Waals surface area contributed by atoms with E-state index in [-0.39, 0.29) is 7.11 Å². The minimum absolute atomic E-state index is 0.00955. The summed E-state index contributed by atoms with van der Waals surface area (Å²) in [6.07, 6.45) is -13.6. The summed E-state index contributed by atoms with van der Waals surface area (Å²) < 4.78 is 236. The molecule has 3 nitrogen and oxygen atoms in total. The zero-order valence-electron chi connectivity index (χ0n) is 15.7. The van der Waals surface area contributed by atoms with E-state index < -0.39 is 60.0 Å². The molecule has 0 N–H and O–H groups in total. The number of hydrogen-bond donors (Lipinski definition) is 0. The molecule has 0 spiro atoms. The van der Waals surface area contributed by atoms with Crippen LogP contribution in [0.1, 0.15) is 0 Å². The zero-order chi connectivity index (χ0) is 27.3. The average molecular weight is 537 g/mol. The molecule has 0 bridgehead atoms. The van der Waals surface area contributed by atoms with Crippen LogP contribution >= 0.6 is 0 Å². The third-order valence-corrected chi connectivity index (χ3v) is 3.93. The van der Waals surface area contributed by atoms with Crippen molar-refractivity contribution < 1.29 is 88.8 Å². The Balaban J connectivity index is 6.88. The van der Waals surface area contributed by atoms with Gasteiger partial charge in [-0.05, 0) is 0 Å². The molecule has 33 heavy (non-hydrogen) atoms. The van der Waals surface area contributed by atoms with Gasteiger partial charge in [-0.3, -0.25) is 0 Å². The van der Waals surface area contributed by atoms with Crippen molar-refractivity contribution in [3.8, 4) is 0 Å². The van der Waals surface area contributed by atoms with Crippen molar-refractivity contribution in [3.05, 3.63) is 6.29 Å². The fraction of sp³-hybridized carbons (Fsp3) is 0.923. The van der Waals surface area contributed by atoms with Crippen LogP contribution in [0.15, 0.2) is 0 Å². The predicted octanol–water partition coefficient (Wildman–Crippen LogP) is 5.79. The van der Waals surface area contributed by atoms with Crippen LogP contribution in [-0.2, 0) is 14.2 Å². The monoisotopic (exact) mass is 537 g/mol. The number of ether oxygens (including phenoxy) is 3. The van der Waals surface area contributed by atoms with Crippen LogP contribution in [0.4, 0.5) is 74.6 Å². The van der Waals surface area contributed by atoms with E-state index in [1.807, 2.05) is 0 Å². The van der Waals surface area contributed by atoms with Crippen LogP contribution in [0.2, 0.25) is 0 Å². The Labute approximate surface area is 171 Å². The lowest BCUT2D eigenvalue weighted by atomic mass is 9.87. The first kappa shape index (κ1) is 31.7. The Kier molecular flexibility index (Phi) is 8.38. The minimum atomic E-state index is -8.69. The van der Waals surface area contributed by atoms with Crippen LogP contribution < -0.4 is 0 Å². The molecule has 0 amide bonds. The summed E-state index contributed by atoms with van der Waals surface area (Å²) in [4.78, 5) is 0. The maximum atomic E-state index is 14.0. The molecular weight excluding hydrogens is 527 g/mol. The summed E-state index contributed by atoms with van der Waals surface area (Å²) in [5, 5.41) is 0. The normalized spacial score (nSPS) is 17.0. The summed E-state index contributed by atoms with van der Waals surface area (Å²) in [6, 6.07) is 0. The summed E-state index contributed by atoms with van der Waals surface area (Å²) in [5.74, 6) is -57.3. The maximum Gasteiger partial charge on any atom is 0.460 e. The second kappa shape index (κ2) is 8.72. The van der Waals surface area contributed by atoms with Gasteiger partial charge in [0, 0.05) is 21.3 Å². The van der Waals surface area contributed by atoms with Gasteiger partial charge in [0.2, 0.25) is 0 Å². The molecule has 1 unspecified atom stereocenters. The van der Waals surface area contributed by atoms with E-state index in [0.29, 0.717) is 14.2 Å². The lowest BCUT2D eigenvalue weighted by Gasteiger charge is -2.44. The SMILES string of the molecule is CO[C](OC)C(OC)C(F)(F)C(F)(F)C(F)(F)C(F)(F)C(F)(F)C(F)(F)C(F)(F)C(F)(F)F. The molecule has 0 heterocycles. The van der Waals surface area contributed by atoms with Gasteiger partial charge < -0.3 is 14.2 Å². The Morgan fingerprint density at radius 1 is 0.455 bits per heavy atom. The largest absolute Gasteiger partial charge is 0.460 e. The summed E-state index contributed by atoms with van der Waals surface area (Å²) >= 11 is 0. The number of methoxy groups -OCH3 is 3. The van der Waals surface area contributed by atoms with Gasteiger partial charge in [-0.25, -0.2) is 0 Å². The van der Waals surface area contributed by atoms with Gasteiger partial charge in [-0.1, -0.05) is 0 Å². The van der Waals surface area contributed by atoms with E-state index in [9.17, 15) is 74.6 Å². The van der Waals surface area contributed by atoms with Crippen molar-refractivity contribution in [1.82, 2.24) is 0 Å². The molecule has 199 valence electrons. The molecule has 0 aliphatic rings. The Morgan fingerprint density at radius 2 is 0.727 bits per heavy atom. The average Bonchev–Trinajstić information content (AvgIpc) is 2.63. The third-order valence-electron chi connectivity index (χ3n) is 3.93. The highest BCUT2D eigenvalue weighted by molar-refractivity contribution is 5.16. The smallest absolute Gasteiger partial charge is 0.369 e. The first-order valence-corrected chi connectivity index (χ1v) is 7.41. The first-order chi connectivity index (χ1) is 14.2. The van der Waals surface area contributed by atoms with Crippen LogP contribution in [0.3, 0.4) is 0 Å². The van der Waals surface area contributed by atoms with Crippen molar-refractivity contribution in [3.63, 3.8) is 0 Å². The summed E-state index contributed by atoms with van der Waals surface area (Å²) in [5.41, 5.74) is 0. The molecule has 0 rings (SSSR count). The lowest BCUT2D eigenvalue weighted by Crippen LogP contribution is -2.75. The Morgan fingerprint density at radius 3 is 0.970 bits per heavy atom. The van der Waals surface area contributed by atoms with Gasteiger partial charge in [-0.15, -0.1) is 0 Å². The molecule has 0 aliphatic heterocycles. The van der Waals surface area contributed by atoms with E-state index >= 15 is 0 Å². The molecule has 0 aromatic rings. The van der Waals surface area contributed by atoms with Crippen LogP contribution in [0.5, 0.6) is 0 Å². The Hall–Kier alpha value is -1.31. The molecule has 0 saturated carbocycles. The van der Waals surface area contributed by atoms with Crippen molar-refractivity contribution in [2.75, 3.05) is 21.3 Å². The maximum absolute atomic E-state index is 14.0. The standard InChI is InChI=1S/C13H10F17O3/c1-31-4(5(32-2)33-3)6(14,15)7(16,17)8(18,19)9(20,21)10(22,23)11(24,25)12(26,27)13(28,29)30/h4H,1-3H3. The van der Waals surface area contributed by atoms with Gasteiger partial charge in [0.15, 0.2) is 6.10 Å². The topological polar surface area (TPSA) is 27.7 Å². The fourth-order valence-corrected chi connectivity index (χ4v) is 2.03. The highest BCUT2D eigenvalue weighted by atomic mass is 19.4. The summed E-state index contributed by atoms with van der Waals surface area (Å²) in [6.45, 7) is 0. The van der Waals surface area contributed by atoms with Crippen LogP contribution in [0.25, 0.3) is 0 Å². The molecule has 1 radical (unpaired) electrons. The van der Waals surface area contributed by atoms with Crippen molar-refractivity contribution >= 4 is 0 Å². The lowest BCUT2D eigenvalue weighted by molar-refractivity contribution is -0.464. The van der Waals surface area contributed by atoms with Gasteiger partial charge in [-0.2, -0.15) is 74.6 Å². The van der Waals surface area contributed by atoms with Crippen LogP contribution in [0, 0.1) is 6.29 Å². The number of hydrogen-bond acceptors (Lipinski definition) is 3. The molecule has 0 aromatic heterocycles. The van der Waals surface area contributed by atoms with Crippen molar-refractivity contribution in [2.45, 2.75) is 53.7 Å². The van der Waals surface area contributed by atoms with Crippen LogP contribution in [-0.4, -0.2) is 75.1 Å². The minimum Gasteiger partial charge on any atom is -0.369 e. The van der Waals surface area contributed by atoms with E-state index in [0.717, 1.165) is 0 Å². The number of rotatable bonds is 11. The highest BCUT2D eigenvalue weighted by Gasteiger charge is 2.95. The first-order valence-electron chi connectivity index (χ1n) is 7.41. The van der Waals surface area contributed by atoms with Gasteiger partial charge >= 0.3 is 47.6 Å². The number of alkyl halides is 17. The molecular formula is C13H10F17O3. The second-order valence-electron chi connectivity index (χ2n) is 5.91. The molecule has 20 heteroatoms.